The van der Waals surface area contributed by atoms with Crippen LogP contribution in [0.4, 0.5) is 4.79 Å². The second kappa shape index (κ2) is 10.8. The van der Waals surface area contributed by atoms with Crippen molar-refractivity contribution in [1.82, 2.24) is 15.8 Å². The SMILES string of the molecule is CCCNC(=O)NC(=O)COC(=O)Cc1ccc(OCc2c(C)noc2C)cc1. The van der Waals surface area contributed by atoms with E-state index in [2.05, 4.69) is 15.8 Å². The average molecular weight is 403 g/mol. The summed E-state index contributed by atoms with van der Waals surface area (Å²) in [6.45, 7) is 5.84. The van der Waals surface area contributed by atoms with Gasteiger partial charge in [0.2, 0.25) is 0 Å². The van der Waals surface area contributed by atoms with Crippen LogP contribution in [-0.2, 0) is 27.4 Å². The highest BCUT2D eigenvalue weighted by molar-refractivity contribution is 5.95. The van der Waals surface area contributed by atoms with Gasteiger partial charge < -0.3 is 19.3 Å². The Morgan fingerprint density at radius 2 is 1.86 bits per heavy atom. The van der Waals surface area contributed by atoms with Crippen LogP contribution in [-0.4, -0.2) is 36.2 Å². The van der Waals surface area contributed by atoms with Crippen LogP contribution in [0.1, 0.15) is 35.9 Å². The van der Waals surface area contributed by atoms with Crippen LogP contribution in [0, 0.1) is 13.8 Å². The molecule has 29 heavy (non-hydrogen) atoms. The maximum Gasteiger partial charge on any atom is 0.321 e. The second-order valence-electron chi connectivity index (χ2n) is 6.38. The minimum atomic E-state index is -0.685. The lowest BCUT2D eigenvalue weighted by Crippen LogP contribution is -2.41. The molecule has 3 amide bonds. The number of carbonyl (C=O) groups is 3. The van der Waals surface area contributed by atoms with Crippen LogP contribution < -0.4 is 15.4 Å². The maximum absolute atomic E-state index is 11.9. The molecule has 1 aromatic heterocycles. The monoisotopic (exact) mass is 403 g/mol. The van der Waals surface area contributed by atoms with Crippen molar-refractivity contribution in [2.24, 2.45) is 0 Å². The Morgan fingerprint density at radius 1 is 1.14 bits per heavy atom. The molecular formula is C20H25N3O6. The van der Waals surface area contributed by atoms with Gasteiger partial charge >= 0.3 is 12.0 Å². The van der Waals surface area contributed by atoms with Crippen LogP contribution in [0.2, 0.25) is 0 Å². The standard InChI is InChI=1S/C20H25N3O6/c1-4-9-21-20(26)22-18(24)12-28-19(25)10-15-5-7-16(8-6-15)27-11-17-13(2)23-29-14(17)3/h5-8H,4,9-12H2,1-3H3,(H2,21,22,24,26). The van der Waals surface area contributed by atoms with E-state index in [9.17, 15) is 14.4 Å². The van der Waals surface area contributed by atoms with Gasteiger partial charge in [0.1, 0.15) is 18.1 Å². The number of urea groups is 1. The third-order valence-corrected chi connectivity index (χ3v) is 3.99. The summed E-state index contributed by atoms with van der Waals surface area (Å²) in [7, 11) is 0. The van der Waals surface area contributed by atoms with E-state index < -0.39 is 24.5 Å². The molecule has 2 aromatic rings. The summed E-state index contributed by atoms with van der Waals surface area (Å²) >= 11 is 0. The Bertz CT molecular complexity index is 825. The number of nitrogens with one attached hydrogen (secondary N) is 2. The van der Waals surface area contributed by atoms with E-state index in [0.29, 0.717) is 30.2 Å². The predicted octanol–water partition coefficient (Wildman–Crippen LogP) is 2.19. The van der Waals surface area contributed by atoms with Crippen molar-refractivity contribution in [3.8, 4) is 5.75 Å². The van der Waals surface area contributed by atoms with Crippen LogP contribution in [0.25, 0.3) is 0 Å². The van der Waals surface area contributed by atoms with E-state index >= 15 is 0 Å². The number of ether oxygens (including phenoxy) is 2. The highest BCUT2D eigenvalue weighted by atomic mass is 16.5. The lowest BCUT2D eigenvalue weighted by atomic mass is 10.1. The van der Waals surface area contributed by atoms with Gasteiger partial charge in [-0.15, -0.1) is 0 Å². The summed E-state index contributed by atoms with van der Waals surface area (Å²) < 4.78 is 15.7. The summed E-state index contributed by atoms with van der Waals surface area (Å²) in [4.78, 5) is 34.8. The molecule has 9 heteroatoms. The fourth-order valence-corrected chi connectivity index (χ4v) is 2.38. The lowest BCUT2D eigenvalue weighted by molar-refractivity contribution is -0.147. The number of hydrogen-bond acceptors (Lipinski definition) is 7. The molecule has 0 aliphatic carbocycles. The van der Waals surface area contributed by atoms with Crippen molar-refractivity contribution in [3.05, 3.63) is 46.8 Å². The largest absolute Gasteiger partial charge is 0.489 e. The van der Waals surface area contributed by atoms with E-state index in [1.807, 2.05) is 20.8 Å². The van der Waals surface area contributed by atoms with Gasteiger partial charge in [0.15, 0.2) is 6.61 Å². The van der Waals surface area contributed by atoms with Crippen LogP contribution >= 0.6 is 0 Å². The molecule has 0 saturated heterocycles. The van der Waals surface area contributed by atoms with Gasteiger partial charge in [-0.25, -0.2) is 4.79 Å². The molecule has 156 valence electrons. The van der Waals surface area contributed by atoms with Crippen LogP contribution in [0.15, 0.2) is 28.8 Å². The molecule has 2 rings (SSSR count). The van der Waals surface area contributed by atoms with E-state index in [0.717, 1.165) is 17.7 Å². The van der Waals surface area contributed by atoms with Crippen molar-refractivity contribution in [1.29, 1.82) is 0 Å². The summed E-state index contributed by atoms with van der Waals surface area (Å²) in [5, 5.41) is 8.45. The van der Waals surface area contributed by atoms with Crippen LogP contribution in [0.5, 0.6) is 5.75 Å². The van der Waals surface area contributed by atoms with Crippen molar-refractivity contribution in [2.45, 2.75) is 40.2 Å². The van der Waals surface area contributed by atoms with E-state index in [-0.39, 0.29) is 6.42 Å². The number of amides is 3. The van der Waals surface area contributed by atoms with Gasteiger partial charge in [-0.05, 0) is 38.0 Å². The highest BCUT2D eigenvalue weighted by Gasteiger charge is 2.12. The van der Waals surface area contributed by atoms with Crippen molar-refractivity contribution >= 4 is 17.9 Å². The van der Waals surface area contributed by atoms with Gasteiger partial charge in [-0.3, -0.25) is 14.9 Å². The number of imide groups is 1. The molecule has 9 nitrogen and oxygen atoms in total. The third kappa shape index (κ3) is 7.28. The number of nitrogens with zero attached hydrogens (tertiary/aromatic N) is 1. The molecule has 0 spiro atoms. The normalized spacial score (nSPS) is 10.3. The first-order valence-electron chi connectivity index (χ1n) is 9.25. The molecule has 0 fully saturated rings. The predicted molar refractivity (Wildman–Crippen MR) is 103 cm³/mol. The van der Waals surface area contributed by atoms with Gasteiger partial charge in [0.05, 0.1) is 17.7 Å². The van der Waals surface area contributed by atoms with Crippen molar-refractivity contribution in [3.63, 3.8) is 0 Å². The number of aryl methyl sites for hydroxylation is 2. The Balaban J connectivity index is 1.74. The fourth-order valence-electron chi connectivity index (χ4n) is 2.38. The molecule has 1 heterocycles. The lowest BCUT2D eigenvalue weighted by Gasteiger charge is -2.08. The zero-order valence-corrected chi connectivity index (χ0v) is 16.7. The zero-order valence-electron chi connectivity index (χ0n) is 16.7. The number of carbonyl (C=O) groups excluding carboxylic acids is 3. The van der Waals surface area contributed by atoms with E-state index in [1.165, 1.54) is 0 Å². The summed E-state index contributed by atoms with van der Waals surface area (Å²) in [6.07, 6.45) is 0.750. The van der Waals surface area contributed by atoms with Crippen molar-refractivity contribution < 1.29 is 28.4 Å². The van der Waals surface area contributed by atoms with Gasteiger partial charge in [-0.2, -0.15) is 0 Å². The number of esters is 1. The van der Waals surface area contributed by atoms with Gasteiger partial charge in [0.25, 0.3) is 5.91 Å². The Kier molecular flexibility index (Phi) is 8.20. The van der Waals surface area contributed by atoms with E-state index in [1.54, 1.807) is 24.3 Å². The molecular weight excluding hydrogens is 378 g/mol. The van der Waals surface area contributed by atoms with Crippen LogP contribution in [0.3, 0.4) is 0 Å². The fraction of sp³-hybridized carbons (Fsp3) is 0.400. The molecule has 0 saturated carbocycles. The summed E-state index contributed by atoms with van der Waals surface area (Å²) in [6, 6.07) is 6.35. The second-order valence-corrected chi connectivity index (χ2v) is 6.38. The summed E-state index contributed by atoms with van der Waals surface area (Å²) in [5.74, 6) is 0.0989. The molecule has 0 aliphatic rings. The van der Waals surface area contributed by atoms with Gasteiger partial charge in [0, 0.05) is 6.54 Å². The maximum atomic E-state index is 11.9. The zero-order chi connectivity index (χ0) is 21.2. The molecule has 0 aliphatic heterocycles. The average Bonchev–Trinajstić information content (AvgIpc) is 3.02. The quantitative estimate of drug-likeness (QED) is 0.616. The smallest absolute Gasteiger partial charge is 0.321 e. The molecule has 0 bridgehead atoms. The first-order valence-corrected chi connectivity index (χ1v) is 9.25. The number of benzene rings is 1. The Labute approximate surface area is 168 Å². The number of aromatic nitrogens is 1. The molecule has 0 radical (unpaired) electrons. The third-order valence-electron chi connectivity index (χ3n) is 3.99. The number of rotatable bonds is 9. The highest BCUT2D eigenvalue weighted by Crippen LogP contribution is 2.18. The Morgan fingerprint density at radius 3 is 2.48 bits per heavy atom. The first-order chi connectivity index (χ1) is 13.9. The first kappa shape index (κ1) is 21.9. The molecule has 0 unspecified atom stereocenters. The number of hydrogen-bond donors (Lipinski definition) is 2. The minimum Gasteiger partial charge on any atom is -0.489 e. The minimum absolute atomic E-state index is 0.000538. The van der Waals surface area contributed by atoms with E-state index in [4.69, 9.17) is 14.0 Å². The molecule has 0 atom stereocenters. The molecule has 1 aromatic carbocycles. The van der Waals surface area contributed by atoms with Crippen molar-refractivity contribution in [2.75, 3.05) is 13.2 Å². The molecule has 2 N–H and O–H groups in total. The summed E-state index contributed by atoms with van der Waals surface area (Å²) in [5.41, 5.74) is 2.40. The topological polar surface area (TPSA) is 120 Å². The van der Waals surface area contributed by atoms with Gasteiger partial charge in [-0.1, -0.05) is 24.2 Å². The Hall–Kier alpha value is -3.36.